The van der Waals surface area contributed by atoms with E-state index in [1.54, 1.807) is 24.3 Å². The van der Waals surface area contributed by atoms with Crippen LogP contribution in [0, 0.1) is 0 Å². The van der Waals surface area contributed by atoms with Crippen LogP contribution in [0.5, 0.6) is 11.5 Å². The van der Waals surface area contributed by atoms with E-state index in [4.69, 9.17) is 0 Å². The van der Waals surface area contributed by atoms with Crippen molar-refractivity contribution in [2.75, 3.05) is 0 Å². The summed E-state index contributed by atoms with van der Waals surface area (Å²) in [7, 11) is 0. The highest BCUT2D eigenvalue weighted by atomic mass is 16.3. The lowest BCUT2D eigenvalue weighted by atomic mass is 9.89. The molecule has 0 aliphatic carbocycles. The summed E-state index contributed by atoms with van der Waals surface area (Å²) in [5.41, 5.74) is 6.45. The molecule has 192 valence electrons. The molecule has 3 heteroatoms. The minimum absolute atomic E-state index is 0.120. The summed E-state index contributed by atoms with van der Waals surface area (Å²) in [5, 5.41) is 22.7. The number of hydrogen-bond donors (Lipinski definition) is 2. The summed E-state index contributed by atoms with van der Waals surface area (Å²) in [6.07, 6.45) is 0. The average Bonchev–Trinajstić information content (AvgIpc) is 3.02. The molecule has 6 rings (SSSR count). The van der Waals surface area contributed by atoms with Crippen molar-refractivity contribution in [3.8, 4) is 56.0 Å². The molecule has 6 aromatic carbocycles. The van der Waals surface area contributed by atoms with Crippen molar-refractivity contribution in [3.63, 3.8) is 0 Å². The molecular weight excluding hydrogens is 492 g/mol. The van der Waals surface area contributed by atoms with Crippen LogP contribution in [0.2, 0.25) is 0 Å². The number of rotatable bonds is 6. The number of carbonyl (C=O) groups excluding carboxylic acids is 1. The van der Waals surface area contributed by atoms with Crippen molar-refractivity contribution in [1.29, 1.82) is 0 Å². The first kappa shape index (κ1) is 24.9. The van der Waals surface area contributed by atoms with Gasteiger partial charge in [-0.1, -0.05) is 121 Å². The van der Waals surface area contributed by atoms with Gasteiger partial charge in [0.05, 0.1) is 0 Å². The van der Waals surface area contributed by atoms with E-state index in [0.29, 0.717) is 33.4 Å². The highest BCUT2D eigenvalue weighted by Crippen LogP contribution is 2.42. The Morgan fingerprint density at radius 1 is 0.375 bits per heavy atom. The maximum absolute atomic E-state index is 14.2. The molecular formula is C37H26O3. The summed E-state index contributed by atoms with van der Waals surface area (Å²) < 4.78 is 0. The Hall–Kier alpha value is -5.41. The molecule has 0 amide bonds. The van der Waals surface area contributed by atoms with Crippen molar-refractivity contribution in [2.45, 2.75) is 0 Å². The first-order valence-corrected chi connectivity index (χ1v) is 13.1. The zero-order valence-corrected chi connectivity index (χ0v) is 21.7. The van der Waals surface area contributed by atoms with E-state index >= 15 is 0 Å². The minimum atomic E-state index is -0.205. The zero-order chi connectivity index (χ0) is 27.5. The third kappa shape index (κ3) is 4.77. The molecule has 0 unspecified atom stereocenters. The molecule has 0 aliphatic heterocycles. The fraction of sp³-hybridized carbons (Fsp3) is 0. The maximum atomic E-state index is 14.2. The SMILES string of the molecule is O=C(c1cc(-c2ccccc2)c(O)c(-c2ccccc2)c1)c1cc(-c2ccccc2)c(O)c(-c2ccccc2)c1. The van der Waals surface area contributed by atoms with Crippen molar-refractivity contribution in [1.82, 2.24) is 0 Å². The van der Waals surface area contributed by atoms with Gasteiger partial charge in [-0.15, -0.1) is 0 Å². The van der Waals surface area contributed by atoms with Crippen LogP contribution in [0.1, 0.15) is 15.9 Å². The number of carbonyl (C=O) groups is 1. The van der Waals surface area contributed by atoms with Crippen LogP contribution in [0.3, 0.4) is 0 Å². The second-order valence-electron chi connectivity index (χ2n) is 9.63. The van der Waals surface area contributed by atoms with E-state index in [-0.39, 0.29) is 17.3 Å². The normalized spacial score (nSPS) is 10.8. The predicted octanol–water partition coefficient (Wildman–Crippen LogP) is 9.00. The minimum Gasteiger partial charge on any atom is -0.507 e. The lowest BCUT2D eigenvalue weighted by Gasteiger charge is -2.16. The molecule has 0 spiro atoms. The highest BCUT2D eigenvalue weighted by Gasteiger charge is 2.21. The quantitative estimate of drug-likeness (QED) is 0.216. The van der Waals surface area contributed by atoms with Gasteiger partial charge in [0.25, 0.3) is 0 Å². The summed E-state index contributed by atoms with van der Waals surface area (Å²) in [5.74, 6) is 0.0351. The van der Waals surface area contributed by atoms with Gasteiger partial charge >= 0.3 is 0 Å². The largest absolute Gasteiger partial charge is 0.507 e. The third-order valence-electron chi connectivity index (χ3n) is 7.08. The Balaban J connectivity index is 1.57. The molecule has 0 aromatic heterocycles. The second kappa shape index (κ2) is 10.8. The van der Waals surface area contributed by atoms with Gasteiger partial charge in [0.15, 0.2) is 5.78 Å². The Kier molecular flexibility index (Phi) is 6.70. The van der Waals surface area contributed by atoms with E-state index < -0.39 is 0 Å². The fourth-order valence-corrected chi connectivity index (χ4v) is 5.05. The molecule has 0 heterocycles. The monoisotopic (exact) mass is 518 g/mol. The van der Waals surface area contributed by atoms with Gasteiger partial charge in [-0.05, 0) is 46.5 Å². The number of benzene rings is 6. The van der Waals surface area contributed by atoms with E-state index in [9.17, 15) is 15.0 Å². The fourth-order valence-electron chi connectivity index (χ4n) is 5.05. The van der Waals surface area contributed by atoms with Crippen LogP contribution in [0.4, 0.5) is 0 Å². The maximum Gasteiger partial charge on any atom is 0.193 e. The lowest BCUT2D eigenvalue weighted by Crippen LogP contribution is -2.04. The first-order valence-electron chi connectivity index (χ1n) is 13.1. The Bertz CT molecular complexity index is 1540. The standard InChI is InChI=1S/C37H26O3/c38-35(29-21-31(25-13-5-1-6-14-25)36(39)32(22-29)26-15-7-2-8-16-26)30-23-33(27-17-9-3-10-18-27)37(40)34(24-30)28-19-11-4-12-20-28/h1-24,39-40H. The van der Waals surface area contributed by atoms with Crippen LogP contribution in [-0.4, -0.2) is 16.0 Å². The van der Waals surface area contributed by atoms with Gasteiger partial charge in [0.2, 0.25) is 0 Å². The summed E-state index contributed by atoms with van der Waals surface area (Å²) in [4.78, 5) is 14.2. The van der Waals surface area contributed by atoms with Crippen molar-refractivity contribution < 1.29 is 15.0 Å². The third-order valence-corrected chi connectivity index (χ3v) is 7.08. The predicted molar refractivity (Wildman–Crippen MR) is 161 cm³/mol. The molecule has 0 atom stereocenters. The lowest BCUT2D eigenvalue weighted by molar-refractivity contribution is 0.103. The van der Waals surface area contributed by atoms with E-state index in [1.807, 2.05) is 121 Å². The second-order valence-corrected chi connectivity index (χ2v) is 9.63. The molecule has 3 nitrogen and oxygen atoms in total. The Morgan fingerprint density at radius 2 is 0.600 bits per heavy atom. The number of phenolic OH excluding ortho intramolecular Hbond substituents is 2. The summed E-state index contributed by atoms with van der Waals surface area (Å²) in [6.45, 7) is 0. The van der Waals surface area contributed by atoms with Crippen LogP contribution < -0.4 is 0 Å². The molecule has 0 aliphatic rings. The van der Waals surface area contributed by atoms with E-state index in [1.165, 1.54) is 0 Å². The van der Waals surface area contributed by atoms with Gasteiger partial charge in [-0.3, -0.25) is 4.79 Å². The van der Waals surface area contributed by atoms with Crippen LogP contribution in [0.25, 0.3) is 44.5 Å². The zero-order valence-electron chi connectivity index (χ0n) is 21.7. The highest BCUT2D eigenvalue weighted by molar-refractivity contribution is 6.12. The van der Waals surface area contributed by atoms with E-state index in [2.05, 4.69) is 0 Å². The van der Waals surface area contributed by atoms with Gasteiger partial charge in [-0.2, -0.15) is 0 Å². The van der Waals surface area contributed by atoms with Crippen LogP contribution in [0.15, 0.2) is 146 Å². The molecule has 0 saturated carbocycles. The van der Waals surface area contributed by atoms with Gasteiger partial charge < -0.3 is 10.2 Å². The van der Waals surface area contributed by atoms with Gasteiger partial charge in [0, 0.05) is 33.4 Å². The number of hydrogen-bond acceptors (Lipinski definition) is 3. The smallest absolute Gasteiger partial charge is 0.193 e. The van der Waals surface area contributed by atoms with Crippen molar-refractivity contribution in [2.24, 2.45) is 0 Å². The molecule has 2 N–H and O–H groups in total. The number of ketones is 1. The summed E-state index contributed by atoms with van der Waals surface area (Å²) >= 11 is 0. The van der Waals surface area contributed by atoms with Crippen molar-refractivity contribution in [3.05, 3.63) is 157 Å². The summed E-state index contributed by atoms with van der Waals surface area (Å²) in [6, 6.07) is 45.2. The molecule has 0 saturated heterocycles. The number of phenols is 2. The number of aromatic hydroxyl groups is 2. The topological polar surface area (TPSA) is 57.5 Å². The molecule has 6 aromatic rings. The molecule has 0 fully saturated rings. The first-order chi connectivity index (χ1) is 19.6. The van der Waals surface area contributed by atoms with Crippen LogP contribution >= 0.6 is 0 Å². The molecule has 40 heavy (non-hydrogen) atoms. The Morgan fingerprint density at radius 3 is 0.825 bits per heavy atom. The van der Waals surface area contributed by atoms with Gasteiger partial charge in [0.1, 0.15) is 11.5 Å². The van der Waals surface area contributed by atoms with Crippen LogP contribution in [-0.2, 0) is 0 Å². The van der Waals surface area contributed by atoms with Gasteiger partial charge in [-0.25, -0.2) is 0 Å². The molecule has 0 radical (unpaired) electrons. The van der Waals surface area contributed by atoms with Crippen molar-refractivity contribution >= 4 is 5.78 Å². The molecule has 0 bridgehead atoms. The Labute approximate surface area is 233 Å². The average molecular weight is 519 g/mol. The van der Waals surface area contributed by atoms with E-state index in [0.717, 1.165) is 22.3 Å².